The van der Waals surface area contributed by atoms with E-state index in [4.69, 9.17) is 4.74 Å². The fourth-order valence-electron chi connectivity index (χ4n) is 2.87. The SMILES string of the molecule is CCc1ccc(OCC(=O)N(Cc2ccccc2)[C@@H](C)C(=O)NC(C)C)c(Br)c1. The van der Waals surface area contributed by atoms with Crippen LogP contribution < -0.4 is 10.1 Å². The van der Waals surface area contributed by atoms with E-state index in [0.717, 1.165) is 16.5 Å². The maximum absolute atomic E-state index is 13.0. The summed E-state index contributed by atoms with van der Waals surface area (Å²) < 4.78 is 6.57. The zero-order valence-corrected chi connectivity index (χ0v) is 19.0. The van der Waals surface area contributed by atoms with E-state index in [0.29, 0.717) is 12.3 Å². The van der Waals surface area contributed by atoms with Crippen molar-refractivity contribution in [1.82, 2.24) is 10.2 Å². The maximum Gasteiger partial charge on any atom is 0.261 e. The molecule has 0 aromatic heterocycles. The highest BCUT2D eigenvalue weighted by atomic mass is 79.9. The normalized spacial score (nSPS) is 11.8. The topological polar surface area (TPSA) is 58.6 Å². The number of rotatable bonds is 9. The quantitative estimate of drug-likeness (QED) is 0.605. The Morgan fingerprint density at radius 3 is 2.34 bits per heavy atom. The lowest BCUT2D eigenvalue weighted by atomic mass is 10.1. The van der Waals surface area contributed by atoms with Crippen molar-refractivity contribution >= 4 is 27.7 Å². The highest BCUT2D eigenvalue weighted by molar-refractivity contribution is 9.10. The first kappa shape index (κ1) is 22.9. The molecule has 0 unspecified atom stereocenters. The van der Waals surface area contributed by atoms with Crippen molar-refractivity contribution in [3.05, 3.63) is 64.1 Å². The number of carbonyl (C=O) groups is 2. The lowest BCUT2D eigenvalue weighted by Crippen LogP contribution is -2.50. The minimum atomic E-state index is -0.611. The fraction of sp³-hybridized carbons (Fsp3) is 0.391. The molecule has 5 nitrogen and oxygen atoms in total. The third kappa shape index (κ3) is 6.89. The number of nitrogens with one attached hydrogen (secondary N) is 1. The smallest absolute Gasteiger partial charge is 0.261 e. The van der Waals surface area contributed by atoms with Gasteiger partial charge in [-0.1, -0.05) is 43.3 Å². The molecule has 0 bridgehead atoms. The van der Waals surface area contributed by atoms with Gasteiger partial charge in [0.1, 0.15) is 11.8 Å². The minimum absolute atomic E-state index is 0.00270. The van der Waals surface area contributed by atoms with Gasteiger partial charge in [0.2, 0.25) is 5.91 Å². The summed E-state index contributed by atoms with van der Waals surface area (Å²) in [6.07, 6.45) is 0.922. The fourth-order valence-corrected chi connectivity index (χ4v) is 3.41. The van der Waals surface area contributed by atoms with Gasteiger partial charge in [0, 0.05) is 12.6 Å². The Kier molecular flexibility index (Phi) is 8.70. The van der Waals surface area contributed by atoms with E-state index in [1.165, 1.54) is 5.56 Å². The summed E-state index contributed by atoms with van der Waals surface area (Å²) in [5, 5.41) is 2.88. The number of ether oxygens (including phenoxy) is 1. The molecule has 0 aliphatic carbocycles. The van der Waals surface area contributed by atoms with Crippen molar-refractivity contribution in [1.29, 1.82) is 0 Å². The number of carbonyl (C=O) groups excluding carboxylic acids is 2. The van der Waals surface area contributed by atoms with Crippen molar-refractivity contribution < 1.29 is 14.3 Å². The number of hydrogen-bond donors (Lipinski definition) is 1. The predicted octanol–water partition coefficient (Wildman–Crippen LogP) is 4.33. The van der Waals surface area contributed by atoms with E-state index < -0.39 is 6.04 Å². The van der Waals surface area contributed by atoms with Crippen LogP contribution >= 0.6 is 15.9 Å². The minimum Gasteiger partial charge on any atom is -0.483 e. The molecule has 2 rings (SSSR count). The molecule has 2 amide bonds. The van der Waals surface area contributed by atoms with Crippen LogP contribution in [0.1, 0.15) is 38.8 Å². The molecular weight excluding hydrogens is 432 g/mol. The maximum atomic E-state index is 13.0. The Labute approximate surface area is 181 Å². The van der Waals surface area contributed by atoms with Gasteiger partial charge in [-0.3, -0.25) is 9.59 Å². The third-order valence-electron chi connectivity index (χ3n) is 4.55. The van der Waals surface area contributed by atoms with E-state index in [-0.39, 0.29) is 24.5 Å². The Balaban J connectivity index is 2.14. The number of amides is 2. The lowest BCUT2D eigenvalue weighted by Gasteiger charge is -2.29. The molecule has 6 heteroatoms. The first-order valence-corrected chi connectivity index (χ1v) is 10.7. The van der Waals surface area contributed by atoms with Gasteiger partial charge < -0.3 is 15.0 Å². The van der Waals surface area contributed by atoms with Crippen molar-refractivity contribution in [2.24, 2.45) is 0 Å². The van der Waals surface area contributed by atoms with Crippen LogP contribution in [0.25, 0.3) is 0 Å². The van der Waals surface area contributed by atoms with E-state index in [2.05, 4.69) is 28.2 Å². The third-order valence-corrected chi connectivity index (χ3v) is 5.17. The standard InChI is InChI=1S/C23H29BrN2O3/c1-5-18-11-12-21(20(24)13-18)29-15-22(27)26(14-19-9-7-6-8-10-19)17(4)23(28)25-16(2)3/h6-13,16-17H,5,14-15H2,1-4H3,(H,25,28)/t17-/m0/s1. The summed E-state index contributed by atoms with van der Waals surface area (Å²) in [5.41, 5.74) is 2.14. The zero-order chi connectivity index (χ0) is 21.4. The average molecular weight is 461 g/mol. The first-order valence-electron chi connectivity index (χ1n) is 9.86. The van der Waals surface area contributed by atoms with Crippen LogP contribution in [0.2, 0.25) is 0 Å². The summed E-state index contributed by atoms with van der Waals surface area (Å²) in [5.74, 6) is 0.180. The molecular formula is C23H29BrN2O3. The van der Waals surface area contributed by atoms with Gasteiger partial charge in [-0.25, -0.2) is 0 Å². The second-order valence-electron chi connectivity index (χ2n) is 7.25. The van der Waals surface area contributed by atoms with Crippen molar-refractivity contribution in [2.75, 3.05) is 6.61 Å². The van der Waals surface area contributed by atoms with Gasteiger partial charge >= 0.3 is 0 Å². The highest BCUT2D eigenvalue weighted by Gasteiger charge is 2.27. The molecule has 0 fully saturated rings. The highest BCUT2D eigenvalue weighted by Crippen LogP contribution is 2.26. The predicted molar refractivity (Wildman–Crippen MR) is 119 cm³/mol. The van der Waals surface area contributed by atoms with E-state index in [1.807, 2.05) is 62.4 Å². The molecule has 0 saturated heterocycles. The molecule has 1 atom stereocenters. The monoisotopic (exact) mass is 460 g/mol. The Bertz CT molecular complexity index is 824. The Morgan fingerprint density at radius 1 is 1.07 bits per heavy atom. The van der Waals surface area contributed by atoms with Gasteiger partial charge in [-0.2, -0.15) is 0 Å². The van der Waals surface area contributed by atoms with Gasteiger partial charge in [-0.15, -0.1) is 0 Å². The summed E-state index contributed by atoms with van der Waals surface area (Å²) in [7, 11) is 0. The van der Waals surface area contributed by atoms with E-state index >= 15 is 0 Å². The van der Waals surface area contributed by atoms with Crippen LogP contribution in [0, 0.1) is 0 Å². The van der Waals surface area contributed by atoms with Gasteiger partial charge in [0.15, 0.2) is 6.61 Å². The van der Waals surface area contributed by atoms with Crippen LogP contribution in [0.3, 0.4) is 0 Å². The second kappa shape index (κ2) is 11.0. The number of halogens is 1. The van der Waals surface area contributed by atoms with Crippen LogP contribution in [0.4, 0.5) is 0 Å². The molecule has 0 aliphatic heterocycles. The van der Waals surface area contributed by atoms with Crippen molar-refractivity contribution in [3.63, 3.8) is 0 Å². The molecule has 0 heterocycles. The second-order valence-corrected chi connectivity index (χ2v) is 8.11. The van der Waals surface area contributed by atoms with Gasteiger partial charge in [0.25, 0.3) is 5.91 Å². The molecule has 1 N–H and O–H groups in total. The molecule has 29 heavy (non-hydrogen) atoms. The molecule has 0 saturated carbocycles. The van der Waals surface area contributed by atoms with Crippen LogP contribution in [-0.4, -0.2) is 35.4 Å². The van der Waals surface area contributed by atoms with E-state index in [1.54, 1.807) is 11.8 Å². The molecule has 0 radical (unpaired) electrons. The van der Waals surface area contributed by atoms with Gasteiger partial charge in [0.05, 0.1) is 4.47 Å². The number of hydrogen-bond acceptors (Lipinski definition) is 3. The van der Waals surface area contributed by atoms with Crippen LogP contribution in [-0.2, 0) is 22.6 Å². The summed E-state index contributed by atoms with van der Waals surface area (Å²) in [4.78, 5) is 27.1. The Morgan fingerprint density at radius 2 is 1.76 bits per heavy atom. The molecule has 2 aromatic carbocycles. The summed E-state index contributed by atoms with van der Waals surface area (Å²) in [6.45, 7) is 7.81. The largest absolute Gasteiger partial charge is 0.483 e. The molecule has 156 valence electrons. The van der Waals surface area contributed by atoms with Gasteiger partial charge in [-0.05, 0) is 66.4 Å². The summed E-state index contributed by atoms with van der Waals surface area (Å²) in [6, 6.07) is 14.8. The zero-order valence-electron chi connectivity index (χ0n) is 17.4. The number of nitrogens with zero attached hydrogens (tertiary/aromatic N) is 1. The van der Waals surface area contributed by atoms with Crippen LogP contribution in [0.5, 0.6) is 5.75 Å². The molecule has 0 spiro atoms. The Hall–Kier alpha value is -2.34. The molecule has 2 aromatic rings. The van der Waals surface area contributed by atoms with Crippen molar-refractivity contribution in [3.8, 4) is 5.75 Å². The number of benzene rings is 2. The lowest BCUT2D eigenvalue weighted by molar-refractivity contribution is -0.142. The summed E-state index contributed by atoms with van der Waals surface area (Å²) >= 11 is 3.49. The van der Waals surface area contributed by atoms with Crippen molar-refractivity contribution in [2.45, 2.75) is 52.7 Å². The number of aryl methyl sites for hydroxylation is 1. The van der Waals surface area contributed by atoms with Crippen LogP contribution in [0.15, 0.2) is 53.0 Å². The van der Waals surface area contributed by atoms with E-state index in [9.17, 15) is 9.59 Å². The first-order chi connectivity index (χ1) is 13.8. The average Bonchev–Trinajstić information content (AvgIpc) is 2.70. The molecule has 0 aliphatic rings.